The van der Waals surface area contributed by atoms with Gasteiger partial charge in [0.2, 0.25) is 0 Å². The summed E-state index contributed by atoms with van der Waals surface area (Å²) in [5.74, 6) is 1.01. The highest BCUT2D eigenvalue weighted by Crippen LogP contribution is 2.47. The molecule has 3 heteroatoms. The maximum absolute atomic E-state index is 12.3. The van der Waals surface area contributed by atoms with E-state index >= 15 is 0 Å². The summed E-state index contributed by atoms with van der Waals surface area (Å²) in [6.45, 7) is 13.0. The third-order valence-electron chi connectivity index (χ3n) is 3.47. The maximum Gasteiger partial charge on any atom is 0.0510 e. The van der Waals surface area contributed by atoms with Crippen LogP contribution >= 0.6 is 0 Å². The van der Waals surface area contributed by atoms with Gasteiger partial charge in [-0.25, -0.2) is 4.21 Å². The minimum absolute atomic E-state index is 0.0206. The first-order valence-corrected chi connectivity index (χ1v) is 7.50. The molecule has 0 radical (unpaired) electrons. The van der Waals surface area contributed by atoms with Crippen LogP contribution in [0, 0.1) is 21.5 Å². The summed E-state index contributed by atoms with van der Waals surface area (Å²) in [5, 5.41) is 0.0463. The van der Waals surface area contributed by atoms with Crippen molar-refractivity contribution in [1.29, 1.82) is 4.78 Å². The lowest BCUT2D eigenvalue weighted by atomic mass is 9.71. The molecule has 0 aromatic heterocycles. The van der Waals surface area contributed by atoms with E-state index in [1.165, 1.54) is 0 Å². The van der Waals surface area contributed by atoms with Crippen LogP contribution in [0.1, 0.15) is 48.0 Å². The van der Waals surface area contributed by atoms with Crippen molar-refractivity contribution >= 4 is 9.73 Å². The third-order valence-corrected chi connectivity index (χ3v) is 6.17. The Labute approximate surface area is 94.8 Å². The fraction of sp³-hybridized carbons (Fsp3) is 1.00. The molecule has 1 saturated heterocycles. The van der Waals surface area contributed by atoms with Crippen LogP contribution in [-0.4, -0.2) is 15.2 Å². The third kappa shape index (κ3) is 2.55. The summed E-state index contributed by atoms with van der Waals surface area (Å²) < 4.78 is 20.3. The first kappa shape index (κ1) is 13.0. The van der Waals surface area contributed by atoms with Gasteiger partial charge in [0.15, 0.2) is 0 Å². The molecule has 0 spiro atoms. The predicted molar refractivity (Wildman–Crippen MR) is 66.5 cm³/mol. The summed E-state index contributed by atoms with van der Waals surface area (Å²) in [6.07, 6.45) is 0.952. The normalized spacial score (nSPS) is 38.3. The Kier molecular flexibility index (Phi) is 3.01. The Morgan fingerprint density at radius 3 is 1.80 bits per heavy atom. The summed E-state index contributed by atoms with van der Waals surface area (Å²) >= 11 is 0. The Morgan fingerprint density at radius 1 is 1.07 bits per heavy atom. The molecule has 3 unspecified atom stereocenters. The molecule has 0 aromatic rings. The van der Waals surface area contributed by atoms with Crippen LogP contribution in [0.25, 0.3) is 0 Å². The summed E-state index contributed by atoms with van der Waals surface area (Å²) in [5.41, 5.74) is 0.144. The van der Waals surface area contributed by atoms with Crippen molar-refractivity contribution in [2.24, 2.45) is 16.7 Å². The molecule has 1 fully saturated rings. The SMILES string of the molecule is CC(C)(C)C1CCS(=N)(=O)C1C(C)(C)C. The Morgan fingerprint density at radius 2 is 1.53 bits per heavy atom. The zero-order chi connectivity index (χ0) is 12.1. The number of hydrogen-bond donors (Lipinski definition) is 1. The molecule has 0 saturated carbocycles. The van der Waals surface area contributed by atoms with E-state index in [0.717, 1.165) is 6.42 Å². The molecule has 0 aliphatic carbocycles. The van der Waals surface area contributed by atoms with E-state index in [4.69, 9.17) is 4.78 Å². The molecule has 1 heterocycles. The molecule has 2 nitrogen and oxygen atoms in total. The fourth-order valence-electron chi connectivity index (χ4n) is 2.91. The fourth-order valence-corrected chi connectivity index (χ4v) is 5.98. The van der Waals surface area contributed by atoms with Crippen LogP contribution in [-0.2, 0) is 9.73 Å². The van der Waals surface area contributed by atoms with Crippen LogP contribution in [0.2, 0.25) is 0 Å². The van der Waals surface area contributed by atoms with E-state index in [1.807, 2.05) is 0 Å². The quantitative estimate of drug-likeness (QED) is 0.681. The molecule has 0 aromatic carbocycles. The smallest absolute Gasteiger partial charge is 0.0510 e. The molecule has 3 atom stereocenters. The van der Waals surface area contributed by atoms with Crippen LogP contribution in [0.4, 0.5) is 0 Å². The van der Waals surface area contributed by atoms with Gasteiger partial charge in [-0.3, -0.25) is 4.78 Å². The van der Waals surface area contributed by atoms with Crippen molar-refractivity contribution in [1.82, 2.24) is 0 Å². The second-order valence-corrected chi connectivity index (χ2v) is 9.35. The summed E-state index contributed by atoms with van der Waals surface area (Å²) in [4.78, 5) is 0. The summed E-state index contributed by atoms with van der Waals surface area (Å²) in [6, 6.07) is 0. The topological polar surface area (TPSA) is 40.9 Å². The molecule has 1 rings (SSSR count). The van der Waals surface area contributed by atoms with Crippen molar-refractivity contribution in [3.63, 3.8) is 0 Å². The van der Waals surface area contributed by atoms with E-state index in [2.05, 4.69) is 41.5 Å². The first-order chi connectivity index (χ1) is 6.46. The molecule has 90 valence electrons. The zero-order valence-corrected chi connectivity index (χ0v) is 11.7. The lowest BCUT2D eigenvalue weighted by molar-refractivity contribution is 0.179. The summed E-state index contributed by atoms with van der Waals surface area (Å²) in [7, 11) is -2.38. The average molecular weight is 231 g/mol. The second kappa shape index (κ2) is 3.47. The van der Waals surface area contributed by atoms with E-state index in [0.29, 0.717) is 11.7 Å². The highest BCUT2D eigenvalue weighted by Gasteiger charge is 2.48. The molecular formula is C12H25NOS. The van der Waals surface area contributed by atoms with E-state index in [1.54, 1.807) is 0 Å². The Hall–Kier alpha value is -0.0500. The maximum atomic E-state index is 12.3. The van der Waals surface area contributed by atoms with Gasteiger partial charge in [-0.05, 0) is 23.2 Å². The minimum atomic E-state index is -2.38. The van der Waals surface area contributed by atoms with Gasteiger partial charge < -0.3 is 0 Å². The molecule has 1 N–H and O–H groups in total. The predicted octanol–water partition coefficient (Wildman–Crippen LogP) is 3.51. The lowest BCUT2D eigenvalue weighted by Crippen LogP contribution is -2.40. The number of hydrogen-bond acceptors (Lipinski definition) is 2. The van der Waals surface area contributed by atoms with Gasteiger partial charge in [0, 0.05) is 15.5 Å². The standard InChI is InChI=1S/C12H25NOS/c1-11(2,3)9-7-8-15(13,14)10(9)12(4,5)6/h9-10,13H,7-8H2,1-6H3. The van der Waals surface area contributed by atoms with E-state index in [-0.39, 0.29) is 16.1 Å². The van der Waals surface area contributed by atoms with E-state index < -0.39 is 9.73 Å². The van der Waals surface area contributed by atoms with Crippen molar-refractivity contribution < 1.29 is 4.21 Å². The number of rotatable bonds is 0. The van der Waals surface area contributed by atoms with Gasteiger partial charge in [-0.2, -0.15) is 0 Å². The highest BCUT2D eigenvalue weighted by atomic mass is 32.2. The number of nitrogens with one attached hydrogen (secondary N) is 1. The molecule has 1 aliphatic rings. The van der Waals surface area contributed by atoms with Gasteiger partial charge >= 0.3 is 0 Å². The molecule has 1 aliphatic heterocycles. The Balaban J connectivity index is 3.15. The molecule has 0 amide bonds. The first-order valence-electron chi connectivity index (χ1n) is 5.71. The Bertz CT molecular complexity index is 330. The monoisotopic (exact) mass is 231 g/mol. The van der Waals surface area contributed by atoms with Crippen molar-refractivity contribution in [2.45, 2.75) is 53.2 Å². The highest BCUT2D eigenvalue weighted by molar-refractivity contribution is 7.93. The van der Waals surface area contributed by atoms with Crippen LogP contribution < -0.4 is 0 Å². The second-order valence-electron chi connectivity index (χ2n) is 6.98. The zero-order valence-electron chi connectivity index (χ0n) is 10.9. The van der Waals surface area contributed by atoms with Crippen LogP contribution in [0.5, 0.6) is 0 Å². The van der Waals surface area contributed by atoms with E-state index in [9.17, 15) is 4.21 Å². The van der Waals surface area contributed by atoms with Crippen LogP contribution in [0.15, 0.2) is 0 Å². The average Bonchev–Trinajstić information content (AvgIpc) is 2.21. The van der Waals surface area contributed by atoms with Gasteiger partial charge in [0.25, 0.3) is 0 Å². The van der Waals surface area contributed by atoms with Gasteiger partial charge in [-0.15, -0.1) is 0 Å². The molecular weight excluding hydrogens is 206 g/mol. The van der Waals surface area contributed by atoms with Gasteiger partial charge in [-0.1, -0.05) is 41.5 Å². The van der Waals surface area contributed by atoms with Crippen molar-refractivity contribution in [2.75, 3.05) is 5.75 Å². The molecule has 0 bridgehead atoms. The van der Waals surface area contributed by atoms with Crippen molar-refractivity contribution in [3.8, 4) is 0 Å². The lowest BCUT2D eigenvalue weighted by Gasteiger charge is -2.39. The van der Waals surface area contributed by atoms with Gasteiger partial charge in [0.1, 0.15) is 0 Å². The minimum Gasteiger partial charge on any atom is -0.253 e. The van der Waals surface area contributed by atoms with Crippen LogP contribution in [0.3, 0.4) is 0 Å². The van der Waals surface area contributed by atoms with Crippen molar-refractivity contribution in [3.05, 3.63) is 0 Å². The van der Waals surface area contributed by atoms with Gasteiger partial charge in [0.05, 0.1) is 5.25 Å². The largest absolute Gasteiger partial charge is 0.253 e. The molecule has 15 heavy (non-hydrogen) atoms.